The lowest BCUT2D eigenvalue weighted by Crippen LogP contribution is -2.28. The lowest BCUT2D eigenvalue weighted by molar-refractivity contribution is 0.0756. The molecule has 0 saturated carbocycles. The number of nitrogens with zero attached hydrogens (tertiary/aromatic N) is 4. The number of carbonyl (C=O) groups excluding carboxylic acids is 1. The van der Waals surface area contributed by atoms with Gasteiger partial charge in [0.25, 0.3) is 5.91 Å². The summed E-state index contributed by atoms with van der Waals surface area (Å²) in [6, 6.07) is 1.88. The van der Waals surface area contributed by atoms with Gasteiger partial charge >= 0.3 is 0 Å². The maximum absolute atomic E-state index is 12.2. The molecule has 0 N–H and O–H groups in total. The number of imidazole rings is 1. The molecule has 6 heteroatoms. The van der Waals surface area contributed by atoms with Gasteiger partial charge in [-0.3, -0.25) is 4.79 Å². The monoisotopic (exact) mass is 262 g/mol. The molecule has 0 atom stereocenters. The van der Waals surface area contributed by atoms with E-state index in [1.165, 1.54) is 0 Å². The van der Waals surface area contributed by atoms with Crippen LogP contribution >= 0.6 is 0 Å². The molecule has 102 valence electrons. The predicted octanol–water partition coefficient (Wildman–Crippen LogP) is 1.80. The number of rotatable bonds is 4. The van der Waals surface area contributed by atoms with Crippen LogP contribution in [0.3, 0.4) is 0 Å². The van der Waals surface area contributed by atoms with Gasteiger partial charge in [-0.2, -0.15) is 0 Å². The third-order valence-electron chi connectivity index (χ3n) is 2.92. The lowest BCUT2D eigenvalue weighted by Gasteiger charge is -2.14. The normalized spacial score (nSPS) is 11.0. The van der Waals surface area contributed by atoms with Crippen molar-refractivity contribution in [1.29, 1.82) is 0 Å². The summed E-state index contributed by atoms with van der Waals surface area (Å²) >= 11 is 0. The molecule has 0 aliphatic heterocycles. The van der Waals surface area contributed by atoms with Crippen LogP contribution in [0.2, 0.25) is 0 Å². The first kappa shape index (κ1) is 13.3. The van der Waals surface area contributed by atoms with Crippen LogP contribution in [-0.4, -0.2) is 32.6 Å². The number of carbonyl (C=O) groups is 1. The summed E-state index contributed by atoms with van der Waals surface area (Å²) < 4.78 is 6.92. The molecule has 2 aromatic heterocycles. The summed E-state index contributed by atoms with van der Waals surface area (Å²) in [5, 5.41) is 3.97. The van der Waals surface area contributed by atoms with Crippen LogP contribution in [0.15, 0.2) is 23.0 Å². The topological polar surface area (TPSA) is 64.2 Å². The van der Waals surface area contributed by atoms with Gasteiger partial charge in [0, 0.05) is 32.6 Å². The van der Waals surface area contributed by atoms with Gasteiger partial charge in [-0.25, -0.2) is 4.98 Å². The Kier molecular flexibility index (Phi) is 3.69. The first-order chi connectivity index (χ1) is 8.99. The van der Waals surface area contributed by atoms with Crippen LogP contribution in [-0.2, 0) is 13.6 Å². The van der Waals surface area contributed by atoms with Crippen molar-refractivity contribution < 1.29 is 9.32 Å². The van der Waals surface area contributed by atoms with Gasteiger partial charge in [-0.1, -0.05) is 19.0 Å². The highest BCUT2D eigenvalue weighted by molar-refractivity contribution is 5.90. The van der Waals surface area contributed by atoms with Crippen LogP contribution in [0, 0.1) is 0 Å². The van der Waals surface area contributed by atoms with Gasteiger partial charge in [0.2, 0.25) is 0 Å². The van der Waals surface area contributed by atoms with Crippen LogP contribution < -0.4 is 0 Å². The van der Waals surface area contributed by atoms with Crippen molar-refractivity contribution in [3.05, 3.63) is 35.7 Å². The molecule has 0 radical (unpaired) electrons. The quantitative estimate of drug-likeness (QED) is 0.842. The Labute approximate surface area is 112 Å². The first-order valence-corrected chi connectivity index (χ1v) is 6.17. The number of hydrogen-bond donors (Lipinski definition) is 0. The minimum absolute atomic E-state index is 0.144. The summed E-state index contributed by atoms with van der Waals surface area (Å²) in [5.41, 5.74) is 0.896. The molecule has 2 rings (SSSR count). The van der Waals surface area contributed by atoms with E-state index in [-0.39, 0.29) is 5.91 Å². The molecule has 1 amide bonds. The van der Waals surface area contributed by atoms with Crippen molar-refractivity contribution in [1.82, 2.24) is 19.6 Å². The Balaban J connectivity index is 2.06. The van der Waals surface area contributed by atoms with Crippen molar-refractivity contribution in [2.45, 2.75) is 26.3 Å². The van der Waals surface area contributed by atoms with Crippen LogP contribution in [0.25, 0.3) is 0 Å². The fraction of sp³-hybridized carbons (Fsp3) is 0.462. The van der Waals surface area contributed by atoms with Crippen molar-refractivity contribution in [3.8, 4) is 0 Å². The van der Waals surface area contributed by atoms with E-state index in [4.69, 9.17) is 4.52 Å². The molecule has 0 unspecified atom stereocenters. The van der Waals surface area contributed by atoms with Gasteiger partial charge in [0.1, 0.15) is 0 Å². The molecule has 0 bridgehead atoms. The fourth-order valence-electron chi connectivity index (χ4n) is 1.72. The SMILES string of the molecule is CC(C)c1cc(CN(C)C(=O)c2nccn2C)on1. The maximum atomic E-state index is 12.2. The van der Waals surface area contributed by atoms with Crippen molar-refractivity contribution >= 4 is 5.91 Å². The second-order valence-corrected chi connectivity index (χ2v) is 4.90. The van der Waals surface area contributed by atoms with Crippen LogP contribution in [0.1, 0.15) is 41.8 Å². The third-order valence-corrected chi connectivity index (χ3v) is 2.92. The Hall–Kier alpha value is -2.11. The summed E-state index contributed by atoms with van der Waals surface area (Å²) in [6.45, 7) is 4.47. The molecular formula is C13H18N4O2. The van der Waals surface area contributed by atoms with E-state index < -0.39 is 0 Å². The Bertz CT molecular complexity index is 571. The number of hydrogen-bond acceptors (Lipinski definition) is 4. The zero-order chi connectivity index (χ0) is 14.0. The van der Waals surface area contributed by atoms with E-state index in [9.17, 15) is 4.79 Å². The summed E-state index contributed by atoms with van der Waals surface area (Å²) in [7, 11) is 3.51. The molecule has 2 heterocycles. The molecule has 0 fully saturated rings. The third kappa shape index (κ3) is 2.83. The number of aromatic nitrogens is 3. The molecule has 0 aliphatic rings. The highest BCUT2D eigenvalue weighted by Gasteiger charge is 2.18. The van der Waals surface area contributed by atoms with Crippen LogP contribution in [0.5, 0.6) is 0 Å². The van der Waals surface area contributed by atoms with E-state index in [1.54, 1.807) is 36.0 Å². The average Bonchev–Trinajstić information content (AvgIpc) is 2.97. The Morgan fingerprint density at radius 1 is 1.53 bits per heavy atom. The average molecular weight is 262 g/mol. The number of aryl methyl sites for hydroxylation is 1. The number of amides is 1. The minimum atomic E-state index is -0.144. The fourth-order valence-corrected chi connectivity index (χ4v) is 1.72. The molecule has 0 spiro atoms. The zero-order valence-corrected chi connectivity index (χ0v) is 11.6. The molecule has 0 aliphatic carbocycles. The minimum Gasteiger partial charge on any atom is -0.359 e. The molecule has 2 aromatic rings. The molecule has 6 nitrogen and oxygen atoms in total. The summed E-state index contributed by atoms with van der Waals surface area (Å²) in [5.74, 6) is 1.25. The molecule has 19 heavy (non-hydrogen) atoms. The second kappa shape index (κ2) is 5.26. The van der Waals surface area contributed by atoms with Crippen molar-refractivity contribution in [2.24, 2.45) is 7.05 Å². The van der Waals surface area contributed by atoms with E-state index >= 15 is 0 Å². The second-order valence-electron chi connectivity index (χ2n) is 4.90. The highest BCUT2D eigenvalue weighted by Crippen LogP contribution is 2.15. The van der Waals surface area contributed by atoms with Gasteiger partial charge < -0.3 is 14.0 Å². The van der Waals surface area contributed by atoms with Gasteiger partial charge in [-0.15, -0.1) is 0 Å². The summed E-state index contributed by atoms with van der Waals surface area (Å²) in [4.78, 5) is 17.8. The van der Waals surface area contributed by atoms with E-state index in [2.05, 4.69) is 10.1 Å². The van der Waals surface area contributed by atoms with Crippen molar-refractivity contribution in [3.63, 3.8) is 0 Å². The zero-order valence-electron chi connectivity index (χ0n) is 11.6. The van der Waals surface area contributed by atoms with Gasteiger partial charge in [-0.05, 0) is 5.92 Å². The maximum Gasteiger partial charge on any atom is 0.289 e. The molecule has 0 aromatic carbocycles. The van der Waals surface area contributed by atoms with Gasteiger partial charge in [0.05, 0.1) is 12.2 Å². The highest BCUT2D eigenvalue weighted by atomic mass is 16.5. The van der Waals surface area contributed by atoms with E-state index in [1.807, 2.05) is 19.9 Å². The Morgan fingerprint density at radius 3 is 2.79 bits per heavy atom. The van der Waals surface area contributed by atoms with E-state index in [0.29, 0.717) is 24.0 Å². The van der Waals surface area contributed by atoms with Gasteiger partial charge in [0.15, 0.2) is 11.6 Å². The summed E-state index contributed by atoms with van der Waals surface area (Å²) in [6.07, 6.45) is 3.35. The van der Waals surface area contributed by atoms with Crippen molar-refractivity contribution in [2.75, 3.05) is 7.05 Å². The van der Waals surface area contributed by atoms with E-state index in [0.717, 1.165) is 5.69 Å². The van der Waals surface area contributed by atoms with Crippen LogP contribution in [0.4, 0.5) is 0 Å². The largest absolute Gasteiger partial charge is 0.359 e. The molecular weight excluding hydrogens is 244 g/mol. The Morgan fingerprint density at radius 2 is 2.26 bits per heavy atom. The smallest absolute Gasteiger partial charge is 0.289 e. The molecule has 0 saturated heterocycles. The standard InChI is InChI=1S/C13H18N4O2/c1-9(2)11-7-10(19-15-11)8-17(4)13(18)12-14-5-6-16(12)3/h5-7,9H,8H2,1-4H3. The predicted molar refractivity (Wildman–Crippen MR) is 69.6 cm³/mol. The first-order valence-electron chi connectivity index (χ1n) is 6.17. The lowest BCUT2D eigenvalue weighted by atomic mass is 10.1.